The van der Waals surface area contributed by atoms with E-state index < -0.39 is 0 Å². The first-order chi connectivity index (χ1) is 13.5. The molecular formula is C21H19N5OS. The van der Waals surface area contributed by atoms with Crippen LogP contribution in [0.1, 0.15) is 11.1 Å². The molecule has 0 spiro atoms. The number of hydrogen-bond acceptors (Lipinski definition) is 5. The van der Waals surface area contributed by atoms with Crippen molar-refractivity contribution in [2.75, 3.05) is 5.32 Å². The third kappa shape index (κ3) is 3.39. The lowest BCUT2D eigenvalue weighted by molar-refractivity contribution is 0.837. The normalized spacial score (nSPS) is 11.7. The van der Waals surface area contributed by atoms with E-state index in [1.807, 2.05) is 62.4 Å². The van der Waals surface area contributed by atoms with Crippen LogP contribution in [0.4, 0.5) is 5.13 Å². The zero-order valence-corrected chi connectivity index (χ0v) is 16.4. The predicted molar refractivity (Wildman–Crippen MR) is 114 cm³/mol. The van der Waals surface area contributed by atoms with Gasteiger partial charge in [0.2, 0.25) is 5.13 Å². The van der Waals surface area contributed by atoms with Gasteiger partial charge < -0.3 is 5.32 Å². The second-order valence-corrected chi connectivity index (χ2v) is 7.46. The van der Waals surface area contributed by atoms with Gasteiger partial charge in [0.05, 0.1) is 16.3 Å². The van der Waals surface area contributed by atoms with Gasteiger partial charge in [0.25, 0.3) is 5.56 Å². The molecule has 0 bridgehead atoms. The first kappa shape index (κ1) is 17.9. The Bertz CT molecular complexity index is 1300. The molecule has 6 nitrogen and oxygen atoms in total. The highest BCUT2D eigenvalue weighted by Gasteiger charge is 2.07. The zero-order valence-electron chi connectivity index (χ0n) is 15.6. The Morgan fingerprint density at radius 1 is 1.11 bits per heavy atom. The van der Waals surface area contributed by atoms with Crippen molar-refractivity contribution in [3.05, 3.63) is 80.6 Å². The highest BCUT2D eigenvalue weighted by atomic mass is 32.1. The smallest absolute Gasteiger partial charge is 0.280 e. The van der Waals surface area contributed by atoms with E-state index in [9.17, 15) is 4.79 Å². The van der Waals surface area contributed by atoms with E-state index in [4.69, 9.17) is 0 Å². The van der Waals surface area contributed by atoms with Gasteiger partial charge in [0.15, 0.2) is 0 Å². The molecule has 0 saturated carbocycles. The third-order valence-corrected chi connectivity index (χ3v) is 5.44. The van der Waals surface area contributed by atoms with Gasteiger partial charge in [-0.15, -0.1) is 10.2 Å². The van der Waals surface area contributed by atoms with Gasteiger partial charge >= 0.3 is 0 Å². The Morgan fingerprint density at radius 2 is 1.89 bits per heavy atom. The highest BCUT2D eigenvalue weighted by Crippen LogP contribution is 2.25. The van der Waals surface area contributed by atoms with Crippen LogP contribution in [0.25, 0.3) is 29.0 Å². The van der Waals surface area contributed by atoms with Gasteiger partial charge in [-0.2, -0.15) is 0 Å². The largest absolute Gasteiger partial charge is 0.336 e. The number of aromatic nitrogens is 4. The zero-order chi connectivity index (χ0) is 19.7. The molecule has 0 unspecified atom stereocenters. The summed E-state index contributed by atoms with van der Waals surface area (Å²) in [5, 5.41) is 16.8. The van der Waals surface area contributed by atoms with Crippen LogP contribution in [0.5, 0.6) is 0 Å². The number of nitrogens with zero attached hydrogens (tertiary/aromatic N) is 3. The summed E-state index contributed by atoms with van der Waals surface area (Å²) in [5.41, 5.74) is 3.91. The fraction of sp³-hybridized carbons (Fsp3) is 0.0952. The molecule has 2 aromatic carbocycles. The van der Waals surface area contributed by atoms with Crippen LogP contribution in [0.15, 0.2) is 53.3 Å². The van der Waals surface area contributed by atoms with Gasteiger partial charge in [-0.1, -0.05) is 54.3 Å². The number of H-pyrrole nitrogens is 1. The van der Waals surface area contributed by atoms with Crippen LogP contribution >= 0.6 is 11.3 Å². The van der Waals surface area contributed by atoms with Gasteiger partial charge in [0, 0.05) is 11.8 Å². The van der Waals surface area contributed by atoms with Crippen LogP contribution in [-0.4, -0.2) is 20.0 Å². The summed E-state index contributed by atoms with van der Waals surface area (Å²) in [6, 6.07) is 15.7. The topological polar surface area (TPSA) is 75.6 Å². The molecule has 28 heavy (non-hydrogen) atoms. The lowest BCUT2D eigenvalue weighted by Crippen LogP contribution is -2.34. The van der Waals surface area contributed by atoms with Crippen LogP contribution in [-0.2, 0) is 0 Å². The molecule has 0 saturated heterocycles. The van der Waals surface area contributed by atoms with E-state index >= 15 is 0 Å². The minimum atomic E-state index is -0.173. The number of hydrogen-bond donors (Lipinski definition) is 2. The second-order valence-electron chi connectivity index (χ2n) is 6.48. The second kappa shape index (κ2) is 7.28. The molecule has 0 fully saturated rings. The molecular weight excluding hydrogens is 370 g/mol. The minimum Gasteiger partial charge on any atom is -0.336 e. The number of benzene rings is 2. The molecule has 0 amide bonds. The maximum Gasteiger partial charge on any atom is 0.280 e. The number of rotatable bonds is 4. The maximum atomic E-state index is 12.8. The molecule has 0 radical (unpaired) electrons. The number of aryl methyl sites for hydroxylation is 2. The SMILES string of the molecule is C=c1[nH]n(-c2ccc(C)c(C)c2)c(=O)/c1=C/Nc1nnc(-c2ccccc2)s1. The molecule has 4 rings (SSSR count). The molecule has 0 aliphatic rings. The first-order valence-electron chi connectivity index (χ1n) is 8.76. The van der Waals surface area contributed by atoms with Crippen LogP contribution < -0.4 is 21.4 Å². The van der Waals surface area contributed by atoms with Gasteiger partial charge in [-0.25, -0.2) is 4.68 Å². The Morgan fingerprint density at radius 3 is 2.64 bits per heavy atom. The summed E-state index contributed by atoms with van der Waals surface area (Å²) >= 11 is 1.42. The van der Waals surface area contributed by atoms with Crippen molar-refractivity contribution in [3.63, 3.8) is 0 Å². The van der Waals surface area contributed by atoms with Crippen molar-refractivity contribution < 1.29 is 0 Å². The fourth-order valence-electron chi connectivity index (χ4n) is 2.80. The standard InChI is InChI=1S/C21H19N5OS/c1-13-9-10-17(11-14(13)2)26-20(27)18(15(3)25-26)12-22-21-24-23-19(28-21)16-7-5-4-6-8-16/h4-12,25H,3H2,1-2H3,(H,22,24)/b18-12+. The lowest BCUT2D eigenvalue weighted by atomic mass is 10.1. The monoisotopic (exact) mass is 389 g/mol. The molecule has 7 heteroatoms. The molecule has 0 aliphatic carbocycles. The minimum absolute atomic E-state index is 0.173. The van der Waals surface area contributed by atoms with E-state index in [1.165, 1.54) is 21.6 Å². The lowest BCUT2D eigenvalue weighted by Gasteiger charge is -2.04. The van der Waals surface area contributed by atoms with E-state index in [0.29, 0.717) is 15.7 Å². The first-order valence-corrected chi connectivity index (χ1v) is 9.58. The molecule has 2 N–H and O–H groups in total. The fourth-order valence-corrected chi connectivity index (χ4v) is 3.52. The number of aromatic amines is 1. The van der Waals surface area contributed by atoms with Crippen LogP contribution in [0.2, 0.25) is 0 Å². The quantitative estimate of drug-likeness (QED) is 0.563. The van der Waals surface area contributed by atoms with Crippen molar-refractivity contribution in [1.29, 1.82) is 0 Å². The Balaban J connectivity index is 1.65. The van der Waals surface area contributed by atoms with Crippen LogP contribution in [0, 0.1) is 13.8 Å². The van der Waals surface area contributed by atoms with Gasteiger partial charge in [-0.05, 0) is 37.1 Å². The van der Waals surface area contributed by atoms with E-state index in [-0.39, 0.29) is 5.56 Å². The molecule has 0 aliphatic heterocycles. The van der Waals surface area contributed by atoms with Crippen molar-refractivity contribution in [3.8, 4) is 16.3 Å². The summed E-state index contributed by atoms with van der Waals surface area (Å²) < 4.78 is 1.50. The summed E-state index contributed by atoms with van der Waals surface area (Å²) in [4.78, 5) is 12.8. The van der Waals surface area contributed by atoms with Gasteiger partial charge in [0.1, 0.15) is 5.01 Å². The van der Waals surface area contributed by atoms with Crippen molar-refractivity contribution in [1.82, 2.24) is 20.0 Å². The van der Waals surface area contributed by atoms with Gasteiger partial charge in [-0.3, -0.25) is 9.89 Å². The summed E-state index contributed by atoms with van der Waals surface area (Å²) in [6.45, 7) is 8.01. The summed E-state index contributed by atoms with van der Waals surface area (Å²) in [6.07, 6.45) is 1.62. The number of nitrogens with one attached hydrogen (secondary N) is 2. The Labute approximate surface area is 165 Å². The Hall–Kier alpha value is -3.45. The molecule has 0 atom stereocenters. The highest BCUT2D eigenvalue weighted by molar-refractivity contribution is 7.18. The predicted octanol–water partition coefficient (Wildman–Crippen LogP) is 2.56. The molecule has 4 aromatic rings. The molecule has 2 heterocycles. The maximum absolute atomic E-state index is 12.8. The van der Waals surface area contributed by atoms with Crippen LogP contribution in [0.3, 0.4) is 0 Å². The average molecular weight is 389 g/mol. The van der Waals surface area contributed by atoms with Crippen molar-refractivity contribution in [2.24, 2.45) is 0 Å². The van der Waals surface area contributed by atoms with Crippen molar-refractivity contribution in [2.45, 2.75) is 13.8 Å². The summed E-state index contributed by atoms with van der Waals surface area (Å²) in [7, 11) is 0. The number of anilines is 1. The third-order valence-electron chi connectivity index (χ3n) is 4.54. The van der Waals surface area contributed by atoms with E-state index in [0.717, 1.165) is 21.8 Å². The van der Waals surface area contributed by atoms with E-state index in [2.05, 4.69) is 27.2 Å². The summed E-state index contributed by atoms with van der Waals surface area (Å²) in [5.74, 6) is 0. The van der Waals surface area contributed by atoms with Crippen molar-refractivity contribution >= 4 is 29.2 Å². The Kier molecular flexibility index (Phi) is 4.67. The van der Waals surface area contributed by atoms with E-state index in [1.54, 1.807) is 6.20 Å². The molecule has 2 aromatic heterocycles. The molecule has 140 valence electrons. The average Bonchev–Trinajstić information content (AvgIpc) is 3.28.